The Labute approximate surface area is 116 Å². The van der Waals surface area contributed by atoms with Gasteiger partial charge in [0.2, 0.25) is 0 Å². The summed E-state index contributed by atoms with van der Waals surface area (Å²) < 4.78 is 10.6. The Hall–Kier alpha value is -0.650. The van der Waals surface area contributed by atoms with Crippen molar-refractivity contribution in [2.75, 3.05) is 33.4 Å². The minimum absolute atomic E-state index is 0.0762. The third kappa shape index (κ3) is 4.75. The fourth-order valence-corrected chi connectivity index (χ4v) is 2.45. The summed E-state index contributed by atoms with van der Waals surface area (Å²) in [5, 5.41) is 0. The lowest BCUT2D eigenvalue weighted by atomic mass is 9.93. The number of hydrogen-bond acceptors (Lipinski definition) is 5. The van der Waals surface area contributed by atoms with Crippen LogP contribution in [0.2, 0.25) is 0 Å². The zero-order chi connectivity index (χ0) is 14.5. The van der Waals surface area contributed by atoms with E-state index >= 15 is 0 Å². The summed E-state index contributed by atoms with van der Waals surface area (Å²) >= 11 is 0. The largest absolute Gasteiger partial charge is 0.465 e. The summed E-state index contributed by atoms with van der Waals surface area (Å²) in [4.78, 5) is 14.0. The van der Waals surface area contributed by atoms with Crippen LogP contribution < -0.4 is 5.73 Å². The molecule has 5 heteroatoms. The first-order valence-corrected chi connectivity index (χ1v) is 7.06. The molecule has 1 fully saturated rings. The van der Waals surface area contributed by atoms with Crippen molar-refractivity contribution in [1.82, 2.24) is 4.90 Å². The highest BCUT2D eigenvalue weighted by Crippen LogP contribution is 2.24. The third-order valence-electron chi connectivity index (χ3n) is 3.92. The molecule has 0 aromatic heterocycles. The number of nitrogens with zero attached hydrogens (tertiary/aromatic N) is 1. The van der Waals surface area contributed by atoms with Gasteiger partial charge in [-0.05, 0) is 46.6 Å². The van der Waals surface area contributed by atoms with Crippen molar-refractivity contribution in [2.24, 2.45) is 5.73 Å². The van der Waals surface area contributed by atoms with Crippen molar-refractivity contribution in [3.63, 3.8) is 0 Å². The third-order valence-corrected chi connectivity index (χ3v) is 3.92. The zero-order valence-electron chi connectivity index (χ0n) is 12.7. The van der Waals surface area contributed by atoms with Crippen LogP contribution in [0.4, 0.5) is 0 Å². The maximum atomic E-state index is 11.7. The number of piperidine rings is 1. The van der Waals surface area contributed by atoms with Gasteiger partial charge in [-0.3, -0.25) is 4.79 Å². The number of hydrogen-bond donors (Lipinski definition) is 1. The van der Waals surface area contributed by atoms with Gasteiger partial charge in [-0.25, -0.2) is 0 Å². The zero-order valence-corrected chi connectivity index (χ0v) is 12.7. The molecule has 0 spiro atoms. The number of rotatable bonds is 6. The van der Waals surface area contributed by atoms with Crippen molar-refractivity contribution < 1.29 is 14.3 Å². The van der Waals surface area contributed by atoms with Crippen LogP contribution >= 0.6 is 0 Å². The number of nitrogens with two attached hydrogens (primary N) is 1. The fourth-order valence-electron chi connectivity index (χ4n) is 2.45. The Kier molecular flexibility index (Phi) is 5.77. The van der Waals surface area contributed by atoms with Gasteiger partial charge in [-0.2, -0.15) is 0 Å². The first kappa shape index (κ1) is 16.4. The summed E-state index contributed by atoms with van der Waals surface area (Å²) in [6.45, 7) is 8.77. The van der Waals surface area contributed by atoms with E-state index in [4.69, 9.17) is 15.2 Å². The second kappa shape index (κ2) is 6.68. The lowest BCUT2D eigenvalue weighted by Crippen LogP contribution is -2.52. The van der Waals surface area contributed by atoms with Gasteiger partial charge in [0.1, 0.15) is 5.54 Å². The van der Waals surface area contributed by atoms with Crippen LogP contribution in [-0.4, -0.2) is 55.4 Å². The van der Waals surface area contributed by atoms with Crippen molar-refractivity contribution in [1.29, 1.82) is 0 Å². The molecule has 0 aromatic carbocycles. The molecular weight excluding hydrogens is 244 g/mol. The predicted molar refractivity (Wildman–Crippen MR) is 74.9 cm³/mol. The number of carbonyl (C=O) groups is 1. The molecule has 0 aromatic rings. The van der Waals surface area contributed by atoms with Crippen molar-refractivity contribution in [3.05, 3.63) is 0 Å². The molecule has 1 heterocycles. The Morgan fingerprint density at radius 1 is 1.53 bits per heavy atom. The molecule has 19 heavy (non-hydrogen) atoms. The number of carbonyl (C=O) groups excluding carboxylic acids is 1. The molecule has 5 nitrogen and oxygen atoms in total. The van der Waals surface area contributed by atoms with Crippen molar-refractivity contribution in [3.8, 4) is 0 Å². The minimum atomic E-state index is -0.906. The van der Waals surface area contributed by atoms with E-state index in [-0.39, 0.29) is 11.6 Å². The molecule has 0 bridgehead atoms. The standard InChI is InChI=1S/C14H28N2O3/c1-5-19-12(17)14(3,15)8-10-16-9-6-7-13(2,11-16)18-4/h5-11,15H2,1-4H3. The number of esters is 1. The van der Waals surface area contributed by atoms with Crippen LogP contribution in [0.1, 0.15) is 40.0 Å². The molecule has 1 rings (SSSR count). The normalized spacial score (nSPS) is 27.8. The van der Waals surface area contributed by atoms with Gasteiger partial charge in [0.15, 0.2) is 0 Å². The molecule has 2 unspecified atom stereocenters. The van der Waals surface area contributed by atoms with Crippen LogP contribution in [0.25, 0.3) is 0 Å². The molecule has 0 saturated carbocycles. The first-order chi connectivity index (χ1) is 8.83. The van der Waals surface area contributed by atoms with Gasteiger partial charge in [0, 0.05) is 20.2 Å². The molecule has 1 aliphatic heterocycles. The van der Waals surface area contributed by atoms with E-state index in [2.05, 4.69) is 11.8 Å². The van der Waals surface area contributed by atoms with E-state index < -0.39 is 5.54 Å². The highest BCUT2D eigenvalue weighted by atomic mass is 16.5. The molecule has 0 aliphatic carbocycles. The van der Waals surface area contributed by atoms with Crippen molar-refractivity contribution in [2.45, 2.75) is 51.2 Å². The Morgan fingerprint density at radius 2 is 2.21 bits per heavy atom. The maximum absolute atomic E-state index is 11.7. The van der Waals surface area contributed by atoms with Crippen LogP contribution in [0.15, 0.2) is 0 Å². The monoisotopic (exact) mass is 272 g/mol. The van der Waals surface area contributed by atoms with E-state index in [1.807, 2.05) is 0 Å². The first-order valence-electron chi connectivity index (χ1n) is 7.06. The highest BCUT2D eigenvalue weighted by molar-refractivity contribution is 5.79. The van der Waals surface area contributed by atoms with Gasteiger partial charge in [0.25, 0.3) is 0 Å². The number of ether oxygens (including phenoxy) is 2. The molecule has 1 aliphatic rings. The number of likely N-dealkylation sites (tertiary alicyclic amines) is 1. The van der Waals surface area contributed by atoms with Crippen LogP contribution in [0.3, 0.4) is 0 Å². The predicted octanol–water partition coefficient (Wildman–Crippen LogP) is 1.16. The van der Waals surface area contributed by atoms with E-state index in [9.17, 15) is 4.79 Å². The van der Waals surface area contributed by atoms with E-state index in [1.165, 1.54) is 0 Å². The van der Waals surface area contributed by atoms with E-state index in [0.717, 1.165) is 32.5 Å². The van der Waals surface area contributed by atoms with Gasteiger partial charge in [0.05, 0.1) is 12.2 Å². The van der Waals surface area contributed by atoms with E-state index in [0.29, 0.717) is 13.0 Å². The van der Waals surface area contributed by atoms with Gasteiger partial charge >= 0.3 is 5.97 Å². The van der Waals surface area contributed by atoms with Crippen LogP contribution in [0.5, 0.6) is 0 Å². The average Bonchev–Trinajstić information content (AvgIpc) is 2.37. The quantitative estimate of drug-likeness (QED) is 0.735. The molecule has 0 amide bonds. The fraction of sp³-hybridized carbons (Fsp3) is 0.929. The highest BCUT2D eigenvalue weighted by Gasteiger charge is 2.34. The maximum Gasteiger partial charge on any atom is 0.325 e. The molecule has 112 valence electrons. The summed E-state index contributed by atoms with van der Waals surface area (Å²) in [5.74, 6) is -0.318. The Bertz CT molecular complexity index is 307. The second-order valence-electron chi connectivity index (χ2n) is 5.92. The van der Waals surface area contributed by atoms with Crippen LogP contribution in [-0.2, 0) is 14.3 Å². The molecule has 2 atom stereocenters. The van der Waals surface area contributed by atoms with Gasteiger partial charge in [-0.1, -0.05) is 0 Å². The average molecular weight is 272 g/mol. The summed E-state index contributed by atoms with van der Waals surface area (Å²) in [6, 6.07) is 0. The summed E-state index contributed by atoms with van der Waals surface area (Å²) in [7, 11) is 1.76. The number of methoxy groups -OCH3 is 1. The summed E-state index contributed by atoms with van der Waals surface area (Å²) in [6.07, 6.45) is 2.80. The molecule has 0 radical (unpaired) electrons. The molecule has 2 N–H and O–H groups in total. The summed E-state index contributed by atoms with van der Waals surface area (Å²) in [5.41, 5.74) is 5.05. The lowest BCUT2D eigenvalue weighted by Gasteiger charge is -2.40. The Balaban J connectivity index is 2.45. The van der Waals surface area contributed by atoms with Crippen molar-refractivity contribution >= 4 is 5.97 Å². The molecular formula is C14H28N2O3. The van der Waals surface area contributed by atoms with Gasteiger partial charge < -0.3 is 20.1 Å². The SMILES string of the molecule is CCOC(=O)C(C)(N)CCN1CCCC(C)(OC)C1. The van der Waals surface area contributed by atoms with Crippen LogP contribution in [0, 0.1) is 0 Å². The topological polar surface area (TPSA) is 64.8 Å². The molecule has 1 saturated heterocycles. The minimum Gasteiger partial charge on any atom is -0.465 e. The second-order valence-corrected chi connectivity index (χ2v) is 5.92. The smallest absolute Gasteiger partial charge is 0.325 e. The Morgan fingerprint density at radius 3 is 2.79 bits per heavy atom. The lowest BCUT2D eigenvalue weighted by molar-refractivity contribution is -0.149. The van der Waals surface area contributed by atoms with Gasteiger partial charge in [-0.15, -0.1) is 0 Å². The van der Waals surface area contributed by atoms with E-state index in [1.54, 1.807) is 21.0 Å².